The van der Waals surface area contributed by atoms with Crippen LogP contribution < -0.4 is 10.1 Å². The minimum atomic E-state index is -0.690. The van der Waals surface area contributed by atoms with Crippen LogP contribution in [-0.4, -0.2) is 59.4 Å². The van der Waals surface area contributed by atoms with Gasteiger partial charge in [-0.25, -0.2) is 4.99 Å². The Bertz CT molecular complexity index is 1120. The van der Waals surface area contributed by atoms with Crippen LogP contribution in [0.3, 0.4) is 0 Å². The van der Waals surface area contributed by atoms with E-state index in [1.165, 1.54) is 42.0 Å². The van der Waals surface area contributed by atoms with Gasteiger partial charge in [-0.05, 0) is 31.0 Å². The molecular weight excluding hydrogens is 460 g/mol. The number of nitro groups is 1. The van der Waals surface area contributed by atoms with Crippen LogP contribution in [0.2, 0.25) is 0 Å². The second kappa shape index (κ2) is 11.1. The van der Waals surface area contributed by atoms with Gasteiger partial charge < -0.3 is 14.8 Å². The van der Waals surface area contributed by atoms with Crippen molar-refractivity contribution in [2.24, 2.45) is 4.99 Å². The van der Waals surface area contributed by atoms with E-state index in [1.54, 1.807) is 7.11 Å². The van der Waals surface area contributed by atoms with Crippen molar-refractivity contribution in [1.82, 2.24) is 4.90 Å². The fraction of sp³-hybridized carbons (Fsp3) is 0.348. The standard InChI is InChI=1S/C23H26N4O6S/c1-14-6-5-7-15(2)21(14)25-23-26(10-11-32-3)22(29)19(34-23)13-20(28)24-17-12-16(27(30)31)8-9-18(17)33-4/h5-9,12,19H,10-11,13H2,1-4H3,(H,24,28). The van der Waals surface area contributed by atoms with Gasteiger partial charge in [-0.3, -0.25) is 24.6 Å². The highest BCUT2D eigenvalue weighted by atomic mass is 32.2. The van der Waals surface area contributed by atoms with Crippen LogP contribution in [0, 0.1) is 24.0 Å². The van der Waals surface area contributed by atoms with Gasteiger partial charge in [-0.2, -0.15) is 0 Å². The Hall–Kier alpha value is -3.44. The highest BCUT2D eigenvalue weighted by molar-refractivity contribution is 8.15. The highest BCUT2D eigenvalue weighted by Gasteiger charge is 2.39. The topological polar surface area (TPSA) is 123 Å². The van der Waals surface area contributed by atoms with E-state index in [0.717, 1.165) is 16.8 Å². The van der Waals surface area contributed by atoms with Crippen LogP contribution in [0.1, 0.15) is 17.5 Å². The molecule has 11 heteroatoms. The van der Waals surface area contributed by atoms with E-state index in [9.17, 15) is 19.7 Å². The molecule has 0 aliphatic carbocycles. The summed E-state index contributed by atoms with van der Waals surface area (Å²) in [6.45, 7) is 4.53. The summed E-state index contributed by atoms with van der Waals surface area (Å²) in [6, 6.07) is 9.76. The largest absolute Gasteiger partial charge is 0.495 e. The monoisotopic (exact) mass is 486 g/mol. The predicted molar refractivity (Wildman–Crippen MR) is 131 cm³/mol. The molecule has 1 atom stereocenters. The van der Waals surface area contributed by atoms with Crippen LogP contribution in [0.25, 0.3) is 0 Å². The average molecular weight is 487 g/mol. The molecule has 180 valence electrons. The lowest BCUT2D eigenvalue weighted by molar-refractivity contribution is -0.384. The minimum Gasteiger partial charge on any atom is -0.495 e. The van der Waals surface area contributed by atoms with Gasteiger partial charge in [-0.1, -0.05) is 30.0 Å². The van der Waals surface area contributed by atoms with Gasteiger partial charge in [0.1, 0.15) is 11.0 Å². The van der Waals surface area contributed by atoms with E-state index in [0.29, 0.717) is 18.3 Å². The Kier molecular flexibility index (Phi) is 8.24. The maximum Gasteiger partial charge on any atom is 0.271 e. The number of nitro benzene ring substituents is 1. The zero-order valence-corrected chi connectivity index (χ0v) is 20.2. The lowest BCUT2D eigenvalue weighted by atomic mass is 10.1. The number of hydrogen-bond donors (Lipinski definition) is 1. The predicted octanol–water partition coefficient (Wildman–Crippen LogP) is 3.83. The van der Waals surface area contributed by atoms with Gasteiger partial charge >= 0.3 is 0 Å². The molecule has 1 saturated heterocycles. The number of non-ortho nitro benzene ring substituents is 1. The molecular formula is C23H26N4O6S. The number of aliphatic imine (C=N–C) groups is 1. The number of rotatable bonds is 9. The number of anilines is 1. The molecule has 34 heavy (non-hydrogen) atoms. The molecule has 0 saturated carbocycles. The summed E-state index contributed by atoms with van der Waals surface area (Å²) < 4.78 is 10.3. The van der Waals surface area contributed by atoms with Crippen LogP contribution >= 0.6 is 11.8 Å². The van der Waals surface area contributed by atoms with Crippen LogP contribution in [0.15, 0.2) is 41.4 Å². The number of hydrogen-bond acceptors (Lipinski definition) is 8. The van der Waals surface area contributed by atoms with Crippen LogP contribution in [-0.2, 0) is 14.3 Å². The fourth-order valence-corrected chi connectivity index (χ4v) is 4.64. The van der Waals surface area contributed by atoms with Gasteiger partial charge in [0, 0.05) is 25.7 Å². The van der Waals surface area contributed by atoms with Gasteiger partial charge in [-0.15, -0.1) is 0 Å². The van der Waals surface area contributed by atoms with Crippen LogP contribution in [0.4, 0.5) is 17.1 Å². The Morgan fingerprint density at radius 2 is 1.94 bits per heavy atom. The summed E-state index contributed by atoms with van der Waals surface area (Å²) >= 11 is 1.22. The van der Waals surface area contributed by atoms with Crippen molar-refractivity contribution in [1.29, 1.82) is 0 Å². The number of amidine groups is 1. The molecule has 1 aliphatic heterocycles. The highest BCUT2D eigenvalue weighted by Crippen LogP contribution is 2.34. The Morgan fingerprint density at radius 3 is 2.56 bits per heavy atom. The maximum atomic E-state index is 13.1. The van der Waals surface area contributed by atoms with Gasteiger partial charge in [0.25, 0.3) is 5.69 Å². The molecule has 2 amide bonds. The number of nitrogens with one attached hydrogen (secondary N) is 1. The van der Waals surface area contributed by atoms with Crippen molar-refractivity contribution < 1.29 is 24.0 Å². The first kappa shape index (κ1) is 25.2. The molecule has 0 radical (unpaired) electrons. The summed E-state index contributed by atoms with van der Waals surface area (Å²) in [5, 5.41) is 13.5. The first-order valence-corrected chi connectivity index (χ1v) is 11.4. The number of methoxy groups -OCH3 is 2. The third kappa shape index (κ3) is 5.72. The zero-order chi connectivity index (χ0) is 24.8. The third-order valence-electron chi connectivity index (χ3n) is 5.22. The molecule has 2 aromatic rings. The molecule has 0 spiro atoms. The van der Waals surface area contributed by atoms with E-state index in [4.69, 9.17) is 14.5 Å². The molecule has 1 aliphatic rings. The number of aryl methyl sites for hydroxylation is 2. The van der Waals surface area contributed by atoms with Crippen molar-refractivity contribution >= 4 is 45.8 Å². The number of carbonyl (C=O) groups excluding carboxylic acids is 2. The zero-order valence-electron chi connectivity index (χ0n) is 19.4. The smallest absolute Gasteiger partial charge is 0.271 e. The lowest BCUT2D eigenvalue weighted by Crippen LogP contribution is -2.35. The summed E-state index contributed by atoms with van der Waals surface area (Å²) in [5.41, 5.74) is 2.72. The van der Waals surface area contributed by atoms with Crippen LogP contribution in [0.5, 0.6) is 5.75 Å². The Labute approximate surface area is 201 Å². The summed E-state index contributed by atoms with van der Waals surface area (Å²) in [6.07, 6.45) is -0.134. The van der Waals surface area contributed by atoms with E-state index < -0.39 is 16.1 Å². The number of thioether (sulfide) groups is 1. The van der Waals surface area contributed by atoms with E-state index in [1.807, 2.05) is 32.0 Å². The minimum absolute atomic E-state index is 0.134. The van der Waals surface area contributed by atoms with Crippen molar-refractivity contribution in [3.63, 3.8) is 0 Å². The SMILES string of the molecule is COCCN1C(=O)C(CC(=O)Nc2cc([N+](=O)[O-])ccc2OC)SC1=Nc1c(C)cccc1C. The number of carbonyl (C=O) groups is 2. The molecule has 2 aromatic carbocycles. The maximum absolute atomic E-state index is 13.1. The fourth-order valence-electron chi connectivity index (χ4n) is 3.47. The third-order valence-corrected chi connectivity index (χ3v) is 6.40. The molecule has 0 bridgehead atoms. The number of ether oxygens (including phenoxy) is 2. The molecule has 1 unspecified atom stereocenters. The molecule has 10 nitrogen and oxygen atoms in total. The molecule has 1 N–H and O–H groups in total. The first-order chi connectivity index (χ1) is 16.2. The van der Waals surface area contributed by atoms with E-state index >= 15 is 0 Å². The summed E-state index contributed by atoms with van der Waals surface area (Å²) in [4.78, 5) is 42.7. The van der Waals surface area contributed by atoms with Crippen molar-refractivity contribution in [3.05, 3.63) is 57.6 Å². The number of benzene rings is 2. The van der Waals surface area contributed by atoms with E-state index in [-0.39, 0.29) is 29.5 Å². The number of amides is 2. The first-order valence-electron chi connectivity index (χ1n) is 10.5. The second-order valence-electron chi connectivity index (χ2n) is 7.62. The molecule has 0 aromatic heterocycles. The molecule has 1 heterocycles. The van der Waals surface area contributed by atoms with Crippen molar-refractivity contribution in [2.75, 3.05) is 32.7 Å². The quantitative estimate of drug-likeness (QED) is 0.422. The average Bonchev–Trinajstić information content (AvgIpc) is 3.08. The molecule has 3 rings (SSSR count). The van der Waals surface area contributed by atoms with Gasteiger partial charge in [0.15, 0.2) is 5.17 Å². The van der Waals surface area contributed by atoms with E-state index in [2.05, 4.69) is 5.32 Å². The summed E-state index contributed by atoms with van der Waals surface area (Å²) in [7, 11) is 2.95. The van der Waals surface area contributed by atoms with Crippen molar-refractivity contribution in [3.8, 4) is 5.75 Å². The summed E-state index contributed by atoms with van der Waals surface area (Å²) in [5.74, 6) is -0.429. The lowest BCUT2D eigenvalue weighted by Gasteiger charge is -2.16. The number of nitrogens with zero attached hydrogens (tertiary/aromatic N) is 3. The van der Waals surface area contributed by atoms with Gasteiger partial charge in [0.2, 0.25) is 11.8 Å². The van der Waals surface area contributed by atoms with Crippen molar-refractivity contribution in [2.45, 2.75) is 25.5 Å². The normalized spacial score (nSPS) is 16.7. The number of para-hydroxylation sites is 1. The molecule has 1 fully saturated rings. The Morgan fingerprint density at radius 1 is 1.24 bits per heavy atom. The second-order valence-corrected chi connectivity index (χ2v) is 8.79. The van der Waals surface area contributed by atoms with Gasteiger partial charge in [0.05, 0.1) is 36.6 Å². The Balaban J connectivity index is 1.81.